The lowest BCUT2D eigenvalue weighted by Gasteiger charge is -2.14. The second-order valence-corrected chi connectivity index (χ2v) is 5.47. The fourth-order valence-electron chi connectivity index (χ4n) is 2.57. The first-order chi connectivity index (χ1) is 12.5. The number of hydrogen-bond donors (Lipinski definition) is 2. The third-order valence-corrected chi connectivity index (χ3v) is 3.89. The molecule has 1 aromatic heterocycles. The van der Waals surface area contributed by atoms with Crippen LogP contribution in [-0.2, 0) is 6.54 Å². The summed E-state index contributed by atoms with van der Waals surface area (Å²) < 4.78 is 11.5. The minimum atomic E-state index is -0.731. The highest BCUT2D eigenvalue weighted by molar-refractivity contribution is 5.79. The molecule has 26 heavy (non-hydrogen) atoms. The predicted octanol–water partition coefficient (Wildman–Crippen LogP) is 1.29. The molecule has 0 amide bonds. The summed E-state index contributed by atoms with van der Waals surface area (Å²) in [5.74, 6) is 0.642. The summed E-state index contributed by atoms with van der Waals surface area (Å²) in [6.07, 6.45) is 6.36. The van der Waals surface area contributed by atoms with Gasteiger partial charge >= 0.3 is 5.69 Å². The first-order valence-electron chi connectivity index (χ1n) is 7.73. The lowest BCUT2D eigenvalue weighted by molar-refractivity contribution is 0.387. The summed E-state index contributed by atoms with van der Waals surface area (Å²) in [5.41, 5.74) is -0.372. The van der Waals surface area contributed by atoms with Crippen molar-refractivity contribution in [1.29, 1.82) is 0 Å². The number of aromatic hydroxyl groups is 1. The van der Waals surface area contributed by atoms with Crippen molar-refractivity contribution in [2.45, 2.75) is 6.54 Å². The molecule has 0 aliphatic carbocycles. The number of aromatic nitrogens is 2. The Morgan fingerprint density at radius 1 is 1.27 bits per heavy atom. The number of hydrogen-bond acceptors (Lipinski definition) is 6. The third-order valence-electron chi connectivity index (χ3n) is 3.89. The molecule has 134 valence electrons. The molecule has 1 aliphatic rings. The largest absolute Gasteiger partial charge is 0.497 e. The summed E-state index contributed by atoms with van der Waals surface area (Å²) in [5, 5.41) is 10.5. The van der Waals surface area contributed by atoms with Crippen LogP contribution in [0.15, 0.2) is 50.6 Å². The van der Waals surface area contributed by atoms with Crippen LogP contribution in [0.2, 0.25) is 0 Å². The Morgan fingerprint density at radius 2 is 2.08 bits per heavy atom. The van der Waals surface area contributed by atoms with E-state index < -0.39 is 17.1 Å². The van der Waals surface area contributed by atoms with Gasteiger partial charge in [-0.2, -0.15) is 0 Å². The van der Waals surface area contributed by atoms with Crippen LogP contribution in [0.1, 0.15) is 11.1 Å². The molecule has 0 unspecified atom stereocenters. The van der Waals surface area contributed by atoms with E-state index in [2.05, 4.69) is 9.98 Å². The van der Waals surface area contributed by atoms with Crippen molar-refractivity contribution in [3.8, 4) is 17.4 Å². The van der Waals surface area contributed by atoms with Crippen LogP contribution in [0.5, 0.6) is 17.4 Å². The van der Waals surface area contributed by atoms with Gasteiger partial charge in [0.15, 0.2) is 0 Å². The summed E-state index contributed by atoms with van der Waals surface area (Å²) in [7, 11) is 3.02. The van der Waals surface area contributed by atoms with Crippen molar-refractivity contribution >= 4 is 12.3 Å². The van der Waals surface area contributed by atoms with Gasteiger partial charge in [-0.15, -0.1) is 0 Å². The van der Waals surface area contributed by atoms with Gasteiger partial charge < -0.3 is 14.6 Å². The average molecular weight is 355 g/mol. The Morgan fingerprint density at radius 3 is 2.73 bits per heavy atom. The van der Waals surface area contributed by atoms with E-state index in [-0.39, 0.29) is 12.1 Å². The van der Waals surface area contributed by atoms with Crippen LogP contribution in [0.3, 0.4) is 0 Å². The molecule has 8 nitrogen and oxygen atoms in total. The Labute approximate surface area is 148 Å². The molecule has 2 N–H and O–H groups in total. The van der Waals surface area contributed by atoms with Crippen LogP contribution in [0.25, 0.3) is 6.08 Å². The molecule has 1 aromatic carbocycles. The third kappa shape index (κ3) is 3.30. The van der Waals surface area contributed by atoms with Gasteiger partial charge in [-0.25, -0.2) is 4.79 Å². The highest BCUT2D eigenvalue weighted by atomic mass is 16.5. The lowest BCUT2D eigenvalue weighted by atomic mass is 10.1. The molecule has 0 atom stereocenters. The maximum atomic E-state index is 12.2. The number of nitrogens with one attached hydrogen (secondary N) is 1. The van der Waals surface area contributed by atoms with E-state index in [4.69, 9.17) is 9.47 Å². The van der Waals surface area contributed by atoms with Gasteiger partial charge in [0.1, 0.15) is 17.1 Å². The maximum absolute atomic E-state index is 12.2. The summed E-state index contributed by atoms with van der Waals surface area (Å²) in [6, 6.07) is 5.11. The number of nitrogens with zero attached hydrogens (tertiary/aromatic N) is 2. The molecule has 8 heteroatoms. The van der Waals surface area contributed by atoms with E-state index in [0.29, 0.717) is 22.8 Å². The standard InChI is InChI=1S/C18H17N3O5/c1-25-13-5-6-15(26-2)11(8-13)10-21-17(23)14(16(22)20-18(21)24)9-12-4-3-7-19-12/h3-9,23H,10H2,1-2H3,(H,20,22,24)/b12-9-. The zero-order chi connectivity index (χ0) is 18.7. The SMILES string of the molecule is COc1ccc(OC)c(Cn2c(O)c(/C=C3/C=CC=N3)c(=O)[nH]c2=O)c1. The van der Waals surface area contributed by atoms with E-state index in [0.717, 1.165) is 4.57 Å². The van der Waals surface area contributed by atoms with Crippen molar-refractivity contribution in [2.24, 2.45) is 4.99 Å². The maximum Gasteiger partial charge on any atom is 0.331 e. The molecule has 0 fully saturated rings. The van der Waals surface area contributed by atoms with Crippen molar-refractivity contribution < 1.29 is 14.6 Å². The Balaban J connectivity index is 2.10. The zero-order valence-electron chi connectivity index (χ0n) is 14.2. The van der Waals surface area contributed by atoms with Crippen LogP contribution in [-0.4, -0.2) is 35.1 Å². The number of aromatic amines is 1. The first-order valence-corrected chi connectivity index (χ1v) is 7.73. The number of allylic oxidation sites excluding steroid dienone is 2. The normalized spacial score (nSPS) is 14.2. The number of rotatable bonds is 5. The van der Waals surface area contributed by atoms with Gasteiger partial charge in [0.05, 0.1) is 26.5 Å². The number of methoxy groups -OCH3 is 2. The van der Waals surface area contributed by atoms with Gasteiger partial charge in [0, 0.05) is 11.8 Å². The van der Waals surface area contributed by atoms with E-state index in [1.165, 1.54) is 20.3 Å². The molecule has 1 aliphatic heterocycles. The molecular formula is C18H17N3O5. The Bertz CT molecular complexity index is 1030. The van der Waals surface area contributed by atoms with Gasteiger partial charge in [0.25, 0.3) is 5.56 Å². The summed E-state index contributed by atoms with van der Waals surface area (Å²) in [4.78, 5) is 30.5. The summed E-state index contributed by atoms with van der Waals surface area (Å²) in [6.45, 7) is -0.0168. The monoisotopic (exact) mass is 355 g/mol. The lowest BCUT2D eigenvalue weighted by Crippen LogP contribution is -2.31. The van der Waals surface area contributed by atoms with Crippen molar-refractivity contribution in [2.75, 3.05) is 14.2 Å². The van der Waals surface area contributed by atoms with E-state index in [1.54, 1.807) is 36.6 Å². The van der Waals surface area contributed by atoms with Crippen molar-refractivity contribution in [3.05, 3.63) is 68.0 Å². The highest BCUT2D eigenvalue weighted by Crippen LogP contribution is 2.26. The first kappa shape index (κ1) is 17.3. The summed E-state index contributed by atoms with van der Waals surface area (Å²) >= 11 is 0. The second-order valence-electron chi connectivity index (χ2n) is 5.47. The smallest absolute Gasteiger partial charge is 0.331 e. The molecular weight excluding hydrogens is 338 g/mol. The number of aliphatic imine (C=N–C) groups is 1. The molecule has 0 bridgehead atoms. The van der Waals surface area contributed by atoms with E-state index in [9.17, 15) is 14.7 Å². The predicted molar refractivity (Wildman–Crippen MR) is 97.2 cm³/mol. The van der Waals surface area contributed by atoms with Gasteiger partial charge in [-0.05, 0) is 36.4 Å². The van der Waals surface area contributed by atoms with Crippen LogP contribution in [0, 0.1) is 0 Å². The average Bonchev–Trinajstić information content (AvgIpc) is 3.15. The molecule has 0 saturated carbocycles. The number of H-pyrrole nitrogens is 1. The molecule has 0 spiro atoms. The quantitative estimate of drug-likeness (QED) is 0.841. The van der Waals surface area contributed by atoms with E-state index in [1.807, 2.05) is 0 Å². The number of benzene rings is 1. The Kier molecular flexibility index (Phi) is 4.74. The highest BCUT2D eigenvalue weighted by Gasteiger charge is 2.15. The molecule has 0 saturated heterocycles. The fraction of sp³-hybridized carbons (Fsp3) is 0.167. The molecule has 0 radical (unpaired) electrons. The number of ether oxygens (including phenoxy) is 2. The van der Waals surface area contributed by atoms with Crippen molar-refractivity contribution in [3.63, 3.8) is 0 Å². The van der Waals surface area contributed by atoms with Crippen LogP contribution >= 0.6 is 0 Å². The fourth-order valence-corrected chi connectivity index (χ4v) is 2.57. The van der Waals surface area contributed by atoms with Crippen molar-refractivity contribution in [1.82, 2.24) is 9.55 Å². The second kappa shape index (κ2) is 7.14. The van der Waals surface area contributed by atoms with Crippen LogP contribution in [0.4, 0.5) is 0 Å². The topological polar surface area (TPSA) is 106 Å². The molecule has 2 aromatic rings. The molecule has 3 rings (SSSR count). The molecule has 2 heterocycles. The van der Waals surface area contributed by atoms with Gasteiger partial charge in [0.2, 0.25) is 5.88 Å². The minimum absolute atomic E-state index is 0.0168. The minimum Gasteiger partial charge on any atom is -0.497 e. The van der Waals surface area contributed by atoms with E-state index >= 15 is 0 Å². The van der Waals surface area contributed by atoms with Gasteiger partial charge in [-0.3, -0.25) is 19.3 Å². The van der Waals surface area contributed by atoms with Crippen LogP contribution < -0.4 is 20.7 Å². The Hall–Kier alpha value is -3.55. The van der Waals surface area contributed by atoms with Gasteiger partial charge in [-0.1, -0.05) is 0 Å². The zero-order valence-corrected chi connectivity index (χ0v) is 14.2.